The van der Waals surface area contributed by atoms with Crippen molar-refractivity contribution in [3.63, 3.8) is 0 Å². The SMILES string of the molecule is CCC(C)C(C)N(C)CCC(=O)O. The van der Waals surface area contributed by atoms with E-state index in [1.807, 2.05) is 7.05 Å². The lowest BCUT2D eigenvalue weighted by atomic mass is 10.00. The van der Waals surface area contributed by atoms with Gasteiger partial charge >= 0.3 is 5.97 Å². The highest BCUT2D eigenvalue weighted by Crippen LogP contribution is 2.12. The number of carboxylic acids is 1. The molecule has 2 unspecified atom stereocenters. The molecule has 0 rings (SSSR count). The van der Waals surface area contributed by atoms with E-state index in [0.717, 1.165) is 6.42 Å². The zero-order chi connectivity index (χ0) is 10.4. The number of hydrogen-bond donors (Lipinski definition) is 1. The van der Waals surface area contributed by atoms with Gasteiger partial charge < -0.3 is 10.0 Å². The molecule has 0 fully saturated rings. The molecular weight excluding hydrogens is 166 g/mol. The largest absolute Gasteiger partial charge is 0.481 e. The van der Waals surface area contributed by atoms with E-state index in [1.54, 1.807) is 0 Å². The molecule has 0 aliphatic rings. The quantitative estimate of drug-likeness (QED) is 0.689. The summed E-state index contributed by atoms with van der Waals surface area (Å²) in [7, 11) is 1.99. The number of aliphatic carboxylic acids is 1. The molecular formula is C10H21NO2. The Morgan fingerprint density at radius 2 is 2.00 bits per heavy atom. The van der Waals surface area contributed by atoms with Gasteiger partial charge in [-0.3, -0.25) is 4.79 Å². The minimum atomic E-state index is -0.719. The van der Waals surface area contributed by atoms with Gasteiger partial charge in [-0.15, -0.1) is 0 Å². The van der Waals surface area contributed by atoms with E-state index >= 15 is 0 Å². The molecule has 0 spiro atoms. The molecule has 0 amide bonds. The van der Waals surface area contributed by atoms with Gasteiger partial charge in [-0.1, -0.05) is 20.3 Å². The van der Waals surface area contributed by atoms with E-state index in [0.29, 0.717) is 18.5 Å². The predicted molar refractivity (Wildman–Crippen MR) is 53.8 cm³/mol. The van der Waals surface area contributed by atoms with Gasteiger partial charge in [-0.25, -0.2) is 0 Å². The summed E-state index contributed by atoms with van der Waals surface area (Å²) in [5.74, 6) is -0.0954. The normalized spacial score (nSPS) is 15.8. The third kappa shape index (κ3) is 4.88. The van der Waals surface area contributed by atoms with Crippen LogP contribution in [-0.2, 0) is 4.79 Å². The molecule has 13 heavy (non-hydrogen) atoms. The van der Waals surface area contributed by atoms with Crippen LogP contribution >= 0.6 is 0 Å². The van der Waals surface area contributed by atoms with Crippen LogP contribution in [0.5, 0.6) is 0 Å². The van der Waals surface area contributed by atoms with Crippen LogP contribution in [0.2, 0.25) is 0 Å². The third-order valence-electron chi connectivity index (χ3n) is 2.84. The minimum Gasteiger partial charge on any atom is -0.481 e. The summed E-state index contributed by atoms with van der Waals surface area (Å²) < 4.78 is 0. The summed E-state index contributed by atoms with van der Waals surface area (Å²) in [6.45, 7) is 7.14. The molecule has 0 aromatic heterocycles. The summed E-state index contributed by atoms with van der Waals surface area (Å²) in [6.07, 6.45) is 1.37. The van der Waals surface area contributed by atoms with Crippen LogP contribution < -0.4 is 0 Å². The van der Waals surface area contributed by atoms with Crippen LogP contribution in [0.4, 0.5) is 0 Å². The Morgan fingerprint density at radius 1 is 1.46 bits per heavy atom. The minimum absolute atomic E-state index is 0.233. The zero-order valence-electron chi connectivity index (χ0n) is 9.08. The van der Waals surface area contributed by atoms with Crippen molar-refractivity contribution in [3.05, 3.63) is 0 Å². The second kappa shape index (κ2) is 5.97. The fourth-order valence-electron chi connectivity index (χ4n) is 1.25. The van der Waals surface area contributed by atoms with Crippen LogP contribution in [-0.4, -0.2) is 35.6 Å². The second-order valence-corrected chi connectivity index (χ2v) is 3.75. The average molecular weight is 187 g/mol. The lowest BCUT2D eigenvalue weighted by Crippen LogP contribution is -2.35. The maximum atomic E-state index is 10.3. The van der Waals surface area contributed by atoms with Crippen molar-refractivity contribution >= 4 is 5.97 Å². The van der Waals surface area contributed by atoms with E-state index < -0.39 is 5.97 Å². The van der Waals surface area contributed by atoms with Gasteiger partial charge in [0.25, 0.3) is 0 Å². The molecule has 0 heterocycles. The summed E-state index contributed by atoms with van der Waals surface area (Å²) in [4.78, 5) is 12.5. The molecule has 0 saturated carbocycles. The Hall–Kier alpha value is -0.570. The Kier molecular flexibility index (Phi) is 5.71. The molecule has 2 atom stereocenters. The van der Waals surface area contributed by atoms with Crippen LogP contribution in [0.25, 0.3) is 0 Å². The maximum Gasteiger partial charge on any atom is 0.304 e. The van der Waals surface area contributed by atoms with Gasteiger partial charge in [0.2, 0.25) is 0 Å². The Balaban J connectivity index is 3.81. The molecule has 3 nitrogen and oxygen atoms in total. The first-order chi connectivity index (χ1) is 5.99. The standard InChI is InChI=1S/C10H21NO2/c1-5-8(2)9(3)11(4)7-6-10(12)13/h8-9H,5-7H2,1-4H3,(H,12,13). The molecule has 0 aliphatic carbocycles. The second-order valence-electron chi connectivity index (χ2n) is 3.75. The predicted octanol–water partition coefficient (Wildman–Crippen LogP) is 1.83. The molecule has 0 bridgehead atoms. The fourth-order valence-corrected chi connectivity index (χ4v) is 1.25. The Labute approximate surface area is 80.7 Å². The van der Waals surface area contributed by atoms with Crippen LogP contribution in [0, 0.1) is 5.92 Å². The smallest absolute Gasteiger partial charge is 0.304 e. The zero-order valence-corrected chi connectivity index (χ0v) is 9.08. The van der Waals surface area contributed by atoms with Gasteiger partial charge in [0.1, 0.15) is 0 Å². The average Bonchev–Trinajstić information content (AvgIpc) is 2.11. The van der Waals surface area contributed by atoms with E-state index in [1.165, 1.54) is 0 Å². The molecule has 1 N–H and O–H groups in total. The number of nitrogens with zero attached hydrogens (tertiary/aromatic N) is 1. The molecule has 0 radical (unpaired) electrons. The van der Waals surface area contributed by atoms with E-state index in [9.17, 15) is 4.79 Å². The van der Waals surface area contributed by atoms with Crippen molar-refractivity contribution in [2.45, 2.75) is 39.7 Å². The van der Waals surface area contributed by atoms with Gasteiger partial charge in [0.05, 0.1) is 6.42 Å². The highest BCUT2D eigenvalue weighted by Gasteiger charge is 2.15. The van der Waals surface area contributed by atoms with Gasteiger partial charge in [-0.2, -0.15) is 0 Å². The van der Waals surface area contributed by atoms with E-state index in [-0.39, 0.29) is 6.42 Å². The van der Waals surface area contributed by atoms with Gasteiger partial charge in [0, 0.05) is 12.6 Å². The first kappa shape index (κ1) is 12.4. The van der Waals surface area contributed by atoms with Gasteiger partial charge in [0.15, 0.2) is 0 Å². The van der Waals surface area contributed by atoms with Crippen LogP contribution in [0.3, 0.4) is 0 Å². The number of carboxylic acid groups (broad SMARTS) is 1. The van der Waals surface area contributed by atoms with Crippen molar-refractivity contribution in [1.82, 2.24) is 4.90 Å². The Bertz CT molecular complexity index is 159. The van der Waals surface area contributed by atoms with Crippen molar-refractivity contribution in [2.75, 3.05) is 13.6 Å². The van der Waals surface area contributed by atoms with Crippen LogP contribution in [0.15, 0.2) is 0 Å². The molecule has 0 saturated heterocycles. The first-order valence-corrected chi connectivity index (χ1v) is 4.91. The summed E-state index contributed by atoms with van der Waals surface area (Å²) in [5, 5.41) is 8.51. The Morgan fingerprint density at radius 3 is 2.38 bits per heavy atom. The van der Waals surface area contributed by atoms with Crippen LogP contribution in [0.1, 0.15) is 33.6 Å². The third-order valence-corrected chi connectivity index (χ3v) is 2.84. The van der Waals surface area contributed by atoms with E-state index in [4.69, 9.17) is 5.11 Å². The van der Waals surface area contributed by atoms with E-state index in [2.05, 4.69) is 25.7 Å². The molecule has 78 valence electrons. The highest BCUT2D eigenvalue weighted by molar-refractivity contribution is 5.66. The van der Waals surface area contributed by atoms with Crippen molar-refractivity contribution in [3.8, 4) is 0 Å². The monoisotopic (exact) mass is 187 g/mol. The lowest BCUT2D eigenvalue weighted by Gasteiger charge is -2.28. The van der Waals surface area contributed by atoms with Crippen molar-refractivity contribution in [1.29, 1.82) is 0 Å². The first-order valence-electron chi connectivity index (χ1n) is 4.91. The molecule has 3 heteroatoms. The summed E-state index contributed by atoms with van der Waals surface area (Å²) >= 11 is 0. The maximum absolute atomic E-state index is 10.3. The number of carbonyl (C=O) groups is 1. The number of rotatable bonds is 6. The molecule has 0 aromatic rings. The summed E-state index contributed by atoms with van der Waals surface area (Å²) in [6, 6.07) is 0.462. The van der Waals surface area contributed by atoms with Crippen molar-refractivity contribution < 1.29 is 9.90 Å². The lowest BCUT2D eigenvalue weighted by molar-refractivity contribution is -0.137. The highest BCUT2D eigenvalue weighted by atomic mass is 16.4. The van der Waals surface area contributed by atoms with Crippen molar-refractivity contribution in [2.24, 2.45) is 5.92 Å². The number of hydrogen-bond acceptors (Lipinski definition) is 2. The topological polar surface area (TPSA) is 40.5 Å². The fraction of sp³-hybridized carbons (Fsp3) is 0.900. The molecule has 0 aromatic carbocycles. The van der Waals surface area contributed by atoms with Gasteiger partial charge in [-0.05, 0) is 19.9 Å². The molecule has 0 aliphatic heterocycles. The summed E-state index contributed by atoms with van der Waals surface area (Å²) in [5.41, 5.74) is 0.